The summed E-state index contributed by atoms with van der Waals surface area (Å²) in [5.74, 6) is -0.293. The highest BCUT2D eigenvalue weighted by Gasteiger charge is 2.31. The Balaban J connectivity index is 2.06. The zero-order chi connectivity index (χ0) is 17.9. The molecule has 0 radical (unpaired) electrons. The summed E-state index contributed by atoms with van der Waals surface area (Å²) in [6, 6.07) is 6.16. The van der Waals surface area contributed by atoms with E-state index < -0.39 is 16.1 Å². The van der Waals surface area contributed by atoms with Gasteiger partial charge >= 0.3 is 0 Å². The molecular weight excluding hydrogens is 330 g/mol. The molecule has 7 nitrogen and oxygen atoms in total. The lowest BCUT2D eigenvalue weighted by atomic mass is 10.0. The Labute approximate surface area is 142 Å². The first-order valence-corrected chi connectivity index (χ1v) is 9.19. The molecule has 2 atom stereocenters. The van der Waals surface area contributed by atoms with E-state index in [1.807, 2.05) is 0 Å². The third kappa shape index (κ3) is 4.00. The van der Waals surface area contributed by atoms with Gasteiger partial charge in [-0.1, -0.05) is 18.2 Å². The number of carbonyl (C=O) groups is 2. The van der Waals surface area contributed by atoms with Gasteiger partial charge in [-0.05, 0) is 25.0 Å². The summed E-state index contributed by atoms with van der Waals surface area (Å²) in [5, 5.41) is 5.78. The highest BCUT2D eigenvalue weighted by atomic mass is 32.2. The molecule has 132 valence electrons. The maximum absolute atomic E-state index is 12.3. The molecule has 1 amide bonds. The van der Waals surface area contributed by atoms with Crippen molar-refractivity contribution in [3.63, 3.8) is 0 Å². The van der Waals surface area contributed by atoms with Crippen molar-refractivity contribution in [1.82, 2.24) is 14.9 Å². The number of ketones is 1. The summed E-state index contributed by atoms with van der Waals surface area (Å²) < 4.78 is 25.8. The van der Waals surface area contributed by atoms with Gasteiger partial charge in [-0.25, -0.2) is 12.7 Å². The Morgan fingerprint density at radius 1 is 1.29 bits per heavy atom. The Morgan fingerprint density at radius 3 is 2.54 bits per heavy atom. The van der Waals surface area contributed by atoms with Crippen LogP contribution in [0.25, 0.3) is 0 Å². The largest absolute Gasteiger partial charge is 0.351 e. The number of hydrogen-bond acceptors (Lipinski definition) is 5. The van der Waals surface area contributed by atoms with Crippen LogP contribution in [0, 0.1) is 5.92 Å². The summed E-state index contributed by atoms with van der Waals surface area (Å²) in [6.45, 7) is 2.14. The fourth-order valence-electron chi connectivity index (χ4n) is 2.65. The van der Waals surface area contributed by atoms with Gasteiger partial charge in [0.05, 0.1) is 10.9 Å². The maximum atomic E-state index is 12.3. The molecule has 1 fully saturated rings. The monoisotopic (exact) mass is 353 g/mol. The van der Waals surface area contributed by atoms with Gasteiger partial charge in [-0.3, -0.25) is 9.59 Å². The smallest absolute Gasteiger partial charge is 0.242 e. The van der Waals surface area contributed by atoms with Crippen molar-refractivity contribution in [2.24, 2.45) is 5.92 Å². The molecule has 8 heteroatoms. The molecular formula is C16H23N3O4S. The summed E-state index contributed by atoms with van der Waals surface area (Å²) in [5.41, 5.74) is 0.528. The minimum atomic E-state index is -3.57. The molecule has 1 heterocycles. The number of nitrogens with one attached hydrogen (secondary N) is 2. The standard InChI is InChI=1S/C16H23N3O4S/c1-11(20)13-8-14(17-10-13)16(21)18-9-12-6-4-5-7-15(12)24(22,23)19(2)3/h4-7,13-14,17H,8-10H2,1-3H3,(H,18,21). The quantitative estimate of drug-likeness (QED) is 0.757. The molecule has 0 bridgehead atoms. The third-order valence-corrected chi connectivity index (χ3v) is 6.12. The normalized spacial score (nSPS) is 21.0. The molecule has 2 rings (SSSR count). The second kappa shape index (κ2) is 7.42. The Kier molecular flexibility index (Phi) is 5.74. The first-order chi connectivity index (χ1) is 11.2. The lowest BCUT2D eigenvalue weighted by Crippen LogP contribution is -2.40. The highest BCUT2D eigenvalue weighted by Crippen LogP contribution is 2.19. The number of amides is 1. The average molecular weight is 353 g/mol. The predicted molar refractivity (Wildman–Crippen MR) is 89.7 cm³/mol. The van der Waals surface area contributed by atoms with Crippen molar-refractivity contribution in [2.45, 2.75) is 30.8 Å². The third-order valence-electron chi connectivity index (χ3n) is 4.21. The molecule has 1 aliphatic heterocycles. The van der Waals surface area contributed by atoms with Crippen LogP contribution >= 0.6 is 0 Å². The maximum Gasteiger partial charge on any atom is 0.242 e. The average Bonchev–Trinajstić information content (AvgIpc) is 3.03. The number of Topliss-reactive ketones (excluding diaryl/α,β-unsaturated/α-hetero) is 1. The predicted octanol–water partition coefficient (Wildman–Crippen LogP) is 0.120. The molecule has 2 N–H and O–H groups in total. The zero-order valence-corrected chi connectivity index (χ0v) is 14.9. The van der Waals surface area contributed by atoms with E-state index in [4.69, 9.17) is 0 Å². The Bertz CT molecular complexity index is 731. The van der Waals surface area contributed by atoms with Crippen molar-refractivity contribution >= 4 is 21.7 Å². The van der Waals surface area contributed by atoms with E-state index in [1.165, 1.54) is 27.1 Å². The first-order valence-electron chi connectivity index (χ1n) is 7.75. The molecule has 1 aromatic rings. The van der Waals surface area contributed by atoms with Crippen molar-refractivity contribution < 1.29 is 18.0 Å². The first kappa shape index (κ1) is 18.6. The minimum absolute atomic E-state index is 0.0697. The molecule has 0 spiro atoms. The SMILES string of the molecule is CC(=O)C1CNC(C(=O)NCc2ccccc2S(=O)(=O)N(C)C)C1. The zero-order valence-electron chi connectivity index (χ0n) is 14.1. The number of carbonyl (C=O) groups excluding carboxylic acids is 2. The van der Waals surface area contributed by atoms with Gasteiger partial charge in [0.2, 0.25) is 15.9 Å². The van der Waals surface area contributed by atoms with Crippen molar-refractivity contribution in [3.05, 3.63) is 29.8 Å². The summed E-state index contributed by atoms with van der Waals surface area (Å²) >= 11 is 0. The van der Waals surface area contributed by atoms with Gasteiger partial charge in [0.15, 0.2) is 0 Å². The van der Waals surface area contributed by atoms with Gasteiger partial charge < -0.3 is 10.6 Å². The molecule has 0 saturated carbocycles. The van der Waals surface area contributed by atoms with E-state index in [-0.39, 0.29) is 29.0 Å². The Morgan fingerprint density at radius 2 is 1.96 bits per heavy atom. The molecule has 1 aliphatic rings. The van der Waals surface area contributed by atoms with Gasteiger partial charge in [-0.2, -0.15) is 0 Å². The fourth-order valence-corrected chi connectivity index (χ4v) is 3.76. The van der Waals surface area contributed by atoms with Crippen LogP contribution < -0.4 is 10.6 Å². The topological polar surface area (TPSA) is 95.6 Å². The Hall–Kier alpha value is -1.77. The molecule has 1 saturated heterocycles. The molecule has 2 unspecified atom stereocenters. The van der Waals surface area contributed by atoms with Crippen LogP contribution in [-0.4, -0.2) is 51.1 Å². The van der Waals surface area contributed by atoms with Crippen LogP contribution in [0.15, 0.2) is 29.2 Å². The number of benzene rings is 1. The van der Waals surface area contributed by atoms with E-state index in [9.17, 15) is 18.0 Å². The summed E-state index contributed by atoms with van der Waals surface area (Å²) in [4.78, 5) is 23.8. The fraction of sp³-hybridized carbons (Fsp3) is 0.500. The molecule has 24 heavy (non-hydrogen) atoms. The summed E-state index contributed by atoms with van der Waals surface area (Å²) in [7, 11) is -0.638. The van der Waals surface area contributed by atoms with Crippen LogP contribution in [-0.2, 0) is 26.2 Å². The minimum Gasteiger partial charge on any atom is -0.351 e. The van der Waals surface area contributed by atoms with E-state index in [2.05, 4.69) is 10.6 Å². The van der Waals surface area contributed by atoms with E-state index in [0.29, 0.717) is 18.5 Å². The highest BCUT2D eigenvalue weighted by molar-refractivity contribution is 7.89. The van der Waals surface area contributed by atoms with E-state index >= 15 is 0 Å². The van der Waals surface area contributed by atoms with E-state index in [1.54, 1.807) is 18.2 Å². The lowest BCUT2D eigenvalue weighted by Gasteiger charge is -2.16. The number of nitrogens with zero attached hydrogens (tertiary/aromatic N) is 1. The van der Waals surface area contributed by atoms with Gasteiger partial charge in [0.1, 0.15) is 5.78 Å². The van der Waals surface area contributed by atoms with Gasteiger partial charge in [0, 0.05) is 33.1 Å². The van der Waals surface area contributed by atoms with Gasteiger partial charge in [-0.15, -0.1) is 0 Å². The van der Waals surface area contributed by atoms with Crippen LogP contribution in [0.3, 0.4) is 0 Å². The number of hydrogen-bond donors (Lipinski definition) is 2. The number of sulfonamides is 1. The van der Waals surface area contributed by atoms with E-state index in [0.717, 1.165) is 4.31 Å². The van der Waals surface area contributed by atoms with Crippen LogP contribution in [0.1, 0.15) is 18.9 Å². The number of rotatable bonds is 6. The lowest BCUT2D eigenvalue weighted by molar-refractivity contribution is -0.123. The van der Waals surface area contributed by atoms with Crippen LogP contribution in [0.5, 0.6) is 0 Å². The van der Waals surface area contributed by atoms with Gasteiger partial charge in [0.25, 0.3) is 0 Å². The summed E-state index contributed by atoms with van der Waals surface area (Å²) in [6.07, 6.45) is 0.471. The molecule has 0 aromatic heterocycles. The van der Waals surface area contributed by atoms with Crippen LogP contribution in [0.4, 0.5) is 0 Å². The van der Waals surface area contributed by atoms with Crippen molar-refractivity contribution in [2.75, 3.05) is 20.6 Å². The molecule has 0 aliphatic carbocycles. The van der Waals surface area contributed by atoms with Crippen LogP contribution in [0.2, 0.25) is 0 Å². The molecule has 1 aromatic carbocycles. The second-order valence-electron chi connectivity index (χ2n) is 6.12. The second-order valence-corrected chi connectivity index (χ2v) is 8.24. The van der Waals surface area contributed by atoms with Crippen molar-refractivity contribution in [3.8, 4) is 0 Å². The van der Waals surface area contributed by atoms with Crippen molar-refractivity contribution in [1.29, 1.82) is 0 Å².